The van der Waals surface area contributed by atoms with Crippen LogP contribution in [0, 0.1) is 6.92 Å². The van der Waals surface area contributed by atoms with Crippen molar-refractivity contribution in [3.63, 3.8) is 0 Å². The van der Waals surface area contributed by atoms with Crippen molar-refractivity contribution < 1.29 is 9.59 Å². The zero-order valence-electron chi connectivity index (χ0n) is 22.0. The first kappa shape index (κ1) is 28.2. The van der Waals surface area contributed by atoms with Crippen LogP contribution >= 0.6 is 23.2 Å². The third-order valence-electron chi connectivity index (χ3n) is 7.31. The van der Waals surface area contributed by atoms with E-state index >= 15 is 0 Å². The largest absolute Gasteiger partial charge is 0.352 e. The predicted octanol–water partition coefficient (Wildman–Crippen LogP) is 7.32. The summed E-state index contributed by atoms with van der Waals surface area (Å²) in [7, 11) is 0. The summed E-state index contributed by atoms with van der Waals surface area (Å²) in [6, 6.07) is 23.0. The van der Waals surface area contributed by atoms with Gasteiger partial charge < -0.3 is 10.2 Å². The highest BCUT2D eigenvalue weighted by molar-refractivity contribution is 6.42. The smallest absolute Gasteiger partial charge is 0.243 e. The molecular formula is C32H36Cl2N2O2. The van der Waals surface area contributed by atoms with E-state index in [0.717, 1.165) is 42.4 Å². The summed E-state index contributed by atoms with van der Waals surface area (Å²) in [5.41, 5.74) is 4.14. The van der Waals surface area contributed by atoms with Gasteiger partial charge in [-0.05, 0) is 55.0 Å². The molecule has 0 aromatic heterocycles. The Morgan fingerprint density at radius 3 is 2.24 bits per heavy atom. The lowest BCUT2D eigenvalue weighted by Gasteiger charge is -2.33. The Morgan fingerprint density at radius 2 is 1.55 bits per heavy atom. The Morgan fingerprint density at radius 1 is 0.868 bits per heavy atom. The first-order valence-electron chi connectivity index (χ1n) is 13.5. The molecule has 1 aliphatic carbocycles. The molecule has 200 valence electrons. The van der Waals surface area contributed by atoms with Crippen LogP contribution in [-0.2, 0) is 29.0 Å². The van der Waals surface area contributed by atoms with Gasteiger partial charge in [-0.1, -0.05) is 109 Å². The van der Waals surface area contributed by atoms with Gasteiger partial charge in [0.25, 0.3) is 0 Å². The SMILES string of the molecule is Cc1ccc(CCC(=O)N(Cc2ccc(Cl)c(Cl)c2)[C@H](Cc2ccccc2)C(=O)NC2CCCCC2)cc1. The number of carbonyl (C=O) groups excluding carboxylic acids is 2. The van der Waals surface area contributed by atoms with Crippen molar-refractivity contribution in [1.29, 1.82) is 0 Å². The minimum atomic E-state index is -0.640. The summed E-state index contributed by atoms with van der Waals surface area (Å²) in [6.07, 6.45) is 6.78. The molecule has 1 saturated carbocycles. The normalized spacial score (nSPS) is 14.6. The van der Waals surface area contributed by atoms with Gasteiger partial charge in [0, 0.05) is 25.4 Å². The van der Waals surface area contributed by atoms with Gasteiger partial charge >= 0.3 is 0 Å². The molecule has 1 N–H and O–H groups in total. The first-order valence-corrected chi connectivity index (χ1v) is 14.3. The maximum Gasteiger partial charge on any atom is 0.243 e. The topological polar surface area (TPSA) is 49.4 Å². The molecular weight excluding hydrogens is 515 g/mol. The second-order valence-corrected chi connectivity index (χ2v) is 11.1. The monoisotopic (exact) mass is 550 g/mol. The maximum atomic E-state index is 13.9. The lowest BCUT2D eigenvalue weighted by atomic mass is 9.94. The van der Waals surface area contributed by atoms with Crippen LogP contribution in [0.5, 0.6) is 0 Å². The minimum Gasteiger partial charge on any atom is -0.352 e. The number of rotatable bonds is 10. The number of nitrogens with zero attached hydrogens (tertiary/aromatic N) is 1. The number of aryl methyl sites for hydroxylation is 2. The van der Waals surface area contributed by atoms with Crippen LogP contribution in [0.1, 0.15) is 60.8 Å². The van der Waals surface area contributed by atoms with Crippen molar-refractivity contribution in [1.82, 2.24) is 10.2 Å². The van der Waals surface area contributed by atoms with Gasteiger partial charge in [-0.3, -0.25) is 9.59 Å². The molecule has 0 aliphatic heterocycles. The zero-order chi connectivity index (χ0) is 26.9. The van der Waals surface area contributed by atoms with Crippen LogP contribution in [0.3, 0.4) is 0 Å². The van der Waals surface area contributed by atoms with Crippen molar-refractivity contribution in [2.75, 3.05) is 0 Å². The molecule has 2 amide bonds. The second-order valence-electron chi connectivity index (χ2n) is 10.3. The van der Waals surface area contributed by atoms with E-state index < -0.39 is 6.04 Å². The predicted molar refractivity (Wildman–Crippen MR) is 155 cm³/mol. The van der Waals surface area contributed by atoms with Crippen molar-refractivity contribution in [3.8, 4) is 0 Å². The fourth-order valence-corrected chi connectivity index (χ4v) is 5.40. The van der Waals surface area contributed by atoms with E-state index in [1.165, 1.54) is 12.0 Å². The summed E-state index contributed by atoms with van der Waals surface area (Å²) in [6.45, 7) is 2.33. The molecule has 1 fully saturated rings. The molecule has 4 rings (SSSR count). The van der Waals surface area contributed by atoms with Crippen LogP contribution in [0.4, 0.5) is 0 Å². The molecule has 0 bridgehead atoms. The number of benzene rings is 3. The van der Waals surface area contributed by atoms with Crippen molar-refractivity contribution in [2.24, 2.45) is 0 Å². The molecule has 0 saturated heterocycles. The summed E-state index contributed by atoms with van der Waals surface area (Å²) in [5.74, 6) is -0.152. The summed E-state index contributed by atoms with van der Waals surface area (Å²) in [4.78, 5) is 29.4. The molecule has 1 aliphatic rings. The molecule has 0 unspecified atom stereocenters. The van der Waals surface area contributed by atoms with Gasteiger partial charge in [0.15, 0.2) is 0 Å². The van der Waals surface area contributed by atoms with Crippen LogP contribution in [-0.4, -0.2) is 28.8 Å². The Hall–Kier alpha value is -2.82. The van der Waals surface area contributed by atoms with Gasteiger partial charge in [0.05, 0.1) is 10.0 Å². The quantitative estimate of drug-likeness (QED) is 0.287. The van der Waals surface area contributed by atoms with Crippen molar-refractivity contribution in [2.45, 2.75) is 76.9 Å². The third kappa shape index (κ3) is 8.09. The first-order chi connectivity index (χ1) is 18.4. The number of halogens is 2. The molecule has 3 aromatic rings. The summed E-state index contributed by atoms with van der Waals surface area (Å²) in [5, 5.41) is 4.18. The molecule has 0 radical (unpaired) electrons. The maximum absolute atomic E-state index is 13.9. The van der Waals surface area contributed by atoms with Gasteiger partial charge in [0.1, 0.15) is 6.04 Å². The number of hydrogen-bond acceptors (Lipinski definition) is 2. The number of nitrogens with one attached hydrogen (secondary N) is 1. The van der Waals surface area contributed by atoms with Gasteiger partial charge in [0.2, 0.25) is 11.8 Å². The fourth-order valence-electron chi connectivity index (χ4n) is 5.08. The van der Waals surface area contributed by atoms with E-state index in [1.54, 1.807) is 17.0 Å². The lowest BCUT2D eigenvalue weighted by Crippen LogP contribution is -2.52. The molecule has 0 heterocycles. The van der Waals surface area contributed by atoms with Crippen molar-refractivity contribution >= 4 is 35.0 Å². The van der Waals surface area contributed by atoms with Crippen LogP contribution < -0.4 is 5.32 Å². The van der Waals surface area contributed by atoms with E-state index in [1.807, 2.05) is 43.3 Å². The Bertz CT molecular complexity index is 1210. The molecule has 6 heteroatoms. The lowest BCUT2D eigenvalue weighted by molar-refractivity contribution is -0.141. The van der Waals surface area contributed by atoms with Gasteiger partial charge in [-0.25, -0.2) is 0 Å². The van der Waals surface area contributed by atoms with Gasteiger partial charge in [-0.15, -0.1) is 0 Å². The van der Waals surface area contributed by atoms with E-state index in [9.17, 15) is 9.59 Å². The van der Waals surface area contributed by atoms with Crippen LogP contribution in [0.15, 0.2) is 72.8 Å². The summed E-state index contributed by atoms with van der Waals surface area (Å²) < 4.78 is 0. The van der Waals surface area contributed by atoms with E-state index in [2.05, 4.69) is 29.6 Å². The highest BCUT2D eigenvalue weighted by Gasteiger charge is 2.31. The second kappa shape index (κ2) is 13.8. The molecule has 4 nitrogen and oxygen atoms in total. The molecule has 3 aromatic carbocycles. The summed E-state index contributed by atoms with van der Waals surface area (Å²) >= 11 is 12.5. The number of amides is 2. The number of carbonyl (C=O) groups is 2. The molecule has 1 atom stereocenters. The average Bonchev–Trinajstić information content (AvgIpc) is 2.93. The van der Waals surface area contributed by atoms with Crippen molar-refractivity contribution in [3.05, 3.63) is 105 Å². The molecule has 38 heavy (non-hydrogen) atoms. The zero-order valence-corrected chi connectivity index (χ0v) is 23.5. The highest BCUT2D eigenvalue weighted by atomic mass is 35.5. The van der Waals surface area contributed by atoms with E-state index in [-0.39, 0.29) is 24.4 Å². The average molecular weight is 552 g/mol. The van der Waals surface area contributed by atoms with E-state index in [4.69, 9.17) is 23.2 Å². The van der Waals surface area contributed by atoms with Gasteiger partial charge in [-0.2, -0.15) is 0 Å². The fraction of sp³-hybridized carbons (Fsp3) is 0.375. The van der Waals surface area contributed by atoms with Crippen LogP contribution in [0.2, 0.25) is 10.0 Å². The minimum absolute atomic E-state index is 0.0589. The highest BCUT2D eigenvalue weighted by Crippen LogP contribution is 2.25. The Balaban J connectivity index is 1.62. The Kier molecular flexibility index (Phi) is 10.3. The number of hydrogen-bond donors (Lipinski definition) is 1. The Labute approximate surface area is 236 Å². The van der Waals surface area contributed by atoms with Crippen LogP contribution in [0.25, 0.3) is 0 Å². The molecule has 0 spiro atoms. The van der Waals surface area contributed by atoms with E-state index in [0.29, 0.717) is 29.3 Å². The standard InChI is InChI=1S/C32H36Cl2N2O2/c1-23-12-14-24(15-13-23)17-19-31(37)36(22-26-16-18-28(33)29(34)20-26)30(21-25-8-4-2-5-9-25)32(38)35-27-10-6-3-7-11-27/h2,4-5,8-9,12-16,18,20,27,30H,3,6-7,10-11,17,19,21-22H2,1H3,(H,35,38)/t30-/m1/s1. The third-order valence-corrected chi connectivity index (χ3v) is 8.05.